The van der Waals surface area contributed by atoms with Crippen molar-refractivity contribution in [2.75, 3.05) is 31.6 Å². The second-order valence-corrected chi connectivity index (χ2v) is 5.50. The number of halogens is 1. The Kier molecular flexibility index (Phi) is 4.32. The number of hydrogen-bond acceptors (Lipinski definition) is 3. The van der Waals surface area contributed by atoms with Crippen molar-refractivity contribution in [1.29, 1.82) is 0 Å². The third-order valence-electron chi connectivity index (χ3n) is 3.51. The molecule has 1 unspecified atom stereocenters. The Hall–Kier alpha value is -1.26. The van der Waals surface area contributed by atoms with Gasteiger partial charge in [-0.15, -0.1) is 0 Å². The van der Waals surface area contributed by atoms with Crippen molar-refractivity contribution in [2.45, 2.75) is 19.4 Å². The highest BCUT2D eigenvalue weighted by molar-refractivity contribution is 6.33. The van der Waals surface area contributed by atoms with Crippen molar-refractivity contribution < 1.29 is 4.79 Å². The minimum absolute atomic E-state index is 0.0385. The number of carbonyl (C=O) groups is 1. The smallest absolute Gasteiger partial charge is 0.241 e. The molecule has 1 aliphatic rings. The number of amides is 1. The highest BCUT2D eigenvalue weighted by atomic mass is 35.5. The summed E-state index contributed by atoms with van der Waals surface area (Å²) in [6.07, 6.45) is 0.952. The van der Waals surface area contributed by atoms with Gasteiger partial charge in [-0.2, -0.15) is 0 Å². The van der Waals surface area contributed by atoms with E-state index in [1.807, 2.05) is 37.1 Å². The van der Waals surface area contributed by atoms with E-state index in [0.29, 0.717) is 11.6 Å². The van der Waals surface area contributed by atoms with Crippen LogP contribution in [0.1, 0.15) is 24.9 Å². The Balaban J connectivity index is 2.24. The molecule has 1 amide bonds. The molecule has 1 aromatic rings. The molecular weight excluding hydrogens is 262 g/mol. The summed E-state index contributed by atoms with van der Waals surface area (Å²) in [4.78, 5) is 15.7. The van der Waals surface area contributed by atoms with E-state index in [-0.39, 0.29) is 11.9 Å². The van der Waals surface area contributed by atoms with Crippen LogP contribution in [0.4, 0.5) is 5.69 Å². The second kappa shape index (κ2) is 5.80. The maximum absolute atomic E-state index is 11.9. The summed E-state index contributed by atoms with van der Waals surface area (Å²) < 4.78 is 0. The van der Waals surface area contributed by atoms with Crippen LogP contribution in [0, 0.1) is 0 Å². The van der Waals surface area contributed by atoms with Crippen LogP contribution in [0.25, 0.3) is 0 Å². The molecular formula is C14H20ClN3O. The average molecular weight is 282 g/mol. The fraction of sp³-hybridized carbons (Fsp3) is 0.500. The van der Waals surface area contributed by atoms with Crippen molar-refractivity contribution in [2.24, 2.45) is 5.73 Å². The lowest BCUT2D eigenvalue weighted by Gasteiger charge is -2.23. The first-order valence-corrected chi connectivity index (χ1v) is 6.91. The summed E-state index contributed by atoms with van der Waals surface area (Å²) in [5, 5.41) is 0.659. The van der Waals surface area contributed by atoms with Gasteiger partial charge in [0.15, 0.2) is 0 Å². The Morgan fingerprint density at radius 3 is 2.74 bits per heavy atom. The van der Waals surface area contributed by atoms with Crippen LogP contribution in [0.3, 0.4) is 0 Å². The lowest BCUT2D eigenvalue weighted by Crippen LogP contribution is -2.34. The maximum atomic E-state index is 11.9. The largest absolute Gasteiger partial charge is 0.361 e. The van der Waals surface area contributed by atoms with Crippen molar-refractivity contribution in [3.63, 3.8) is 0 Å². The first kappa shape index (κ1) is 14.2. The minimum Gasteiger partial charge on any atom is -0.361 e. The average Bonchev–Trinajstić information content (AvgIpc) is 2.52. The molecule has 104 valence electrons. The van der Waals surface area contributed by atoms with E-state index >= 15 is 0 Å². The van der Waals surface area contributed by atoms with Gasteiger partial charge < -0.3 is 15.5 Å². The molecule has 1 aromatic carbocycles. The van der Waals surface area contributed by atoms with Crippen LogP contribution < -0.4 is 10.6 Å². The van der Waals surface area contributed by atoms with E-state index in [4.69, 9.17) is 17.3 Å². The van der Waals surface area contributed by atoms with E-state index in [1.54, 1.807) is 4.90 Å². The van der Waals surface area contributed by atoms with Crippen LogP contribution in [-0.2, 0) is 4.79 Å². The van der Waals surface area contributed by atoms with Crippen LogP contribution in [-0.4, -0.2) is 37.5 Å². The highest BCUT2D eigenvalue weighted by Crippen LogP contribution is 2.29. The SMILES string of the molecule is CC(N)c1ccc(N2CCCN(C)C(=O)C2)c(Cl)c1. The van der Waals surface area contributed by atoms with Gasteiger partial charge >= 0.3 is 0 Å². The summed E-state index contributed by atoms with van der Waals surface area (Å²) in [6.45, 7) is 3.95. The zero-order chi connectivity index (χ0) is 14.0. The fourth-order valence-electron chi connectivity index (χ4n) is 2.25. The van der Waals surface area contributed by atoms with Crippen LogP contribution >= 0.6 is 11.6 Å². The molecule has 4 nitrogen and oxygen atoms in total. The van der Waals surface area contributed by atoms with Gasteiger partial charge in [0.05, 0.1) is 17.3 Å². The van der Waals surface area contributed by atoms with Gasteiger partial charge in [-0.05, 0) is 31.0 Å². The van der Waals surface area contributed by atoms with Gasteiger partial charge in [0.1, 0.15) is 0 Å². The van der Waals surface area contributed by atoms with E-state index in [1.165, 1.54) is 0 Å². The third-order valence-corrected chi connectivity index (χ3v) is 3.81. The molecule has 0 aliphatic carbocycles. The van der Waals surface area contributed by atoms with Gasteiger partial charge in [0.25, 0.3) is 0 Å². The lowest BCUT2D eigenvalue weighted by atomic mass is 10.1. The van der Waals surface area contributed by atoms with Gasteiger partial charge in [-0.1, -0.05) is 17.7 Å². The quantitative estimate of drug-likeness (QED) is 0.902. The minimum atomic E-state index is -0.0385. The standard InChI is InChI=1S/C14H20ClN3O/c1-10(16)11-4-5-13(12(15)8-11)18-7-3-6-17(2)14(19)9-18/h4-5,8,10H,3,6-7,9,16H2,1-2H3. The predicted molar refractivity (Wildman–Crippen MR) is 78.5 cm³/mol. The van der Waals surface area contributed by atoms with Crippen molar-refractivity contribution >= 4 is 23.2 Å². The maximum Gasteiger partial charge on any atom is 0.241 e. The number of carbonyl (C=O) groups excluding carboxylic acids is 1. The monoisotopic (exact) mass is 281 g/mol. The second-order valence-electron chi connectivity index (χ2n) is 5.09. The Morgan fingerprint density at radius 1 is 1.37 bits per heavy atom. The van der Waals surface area contributed by atoms with E-state index < -0.39 is 0 Å². The molecule has 2 rings (SSSR count). The summed E-state index contributed by atoms with van der Waals surface area (Å²) in [6, 6.07) is 5.79. The molecule has 5 heteroatoms. The van der Waals surface area contributed by atoms with Gasteiger partial charge in [-0.25, -0.2) is 0 Å². The molecule has 0 saturated carbocycles. The predicted octanol–water partition coefficient (Wildman–Crippen LogP) is 2.03. The summed E-state index contributed by atoms with van der Waals surface area (Å²) in [5.74, 6) is 0.129. The summed E-state index contributed by atoms with van der Waals surface area (Å²) in [5.41, 5.74) is 7.76. The summed E-state index contributed by atoms with van der Waals surface area (Å²) >= 11 is 6.32. The number of benzene rings is 1. The zero-order valence-electron chi connectivity index (χ0n) is 11.4. The van der Waals surface area contributed by atoms with Crippen molar-refractivity contribution in [3.8, 4) is 0 Å². The first-order valence-electron chi connectivity index (χ1n) is 6.53. The van der Waals surface area contributed by atoms with E-state index in [2.05, 4.69) is 0 Å². The van der Waals surface area contributed by atoms with E-state index in [0.717, 1.165) is 30.8 Å². The van der Waals surface area contributed by atoms with Crippen molar-refractivity contribution in [1.82, 2.24) is 4.90 Å². The van der Waals surface area contributed by atoms with Crippen molar-refractivity contribution in [3.05, 3.63) is 28.8 Å². The number of nitrogens with two attached hydrogens (primary N) is 1. The van der Waals surface area contributed by atoms with Gasteiger partial charge in [0.2, 0.25) is 5.91 Å². The molecule has 0 radical (unpaired) electrons. The highest BCUT2D eigenvalue weighted by Gasteiger charge is 2.20. The van der Waals surface area contributed by atoms with Crippen LogP contribution in [0.5, 0.6) is 0 Å². The van der Waals surface area contributed by atoms with Gasteiger partial charge in [0, 0.05) is 26.2 Å². The first-order chi connectivity index (χ1) is 8.99. The molecule has 1 saturated heterocycles. The molecule has 0 spiro atoms. The molecule has 1 atom stereocenters. The normalized spacial score (nSPS) is 18.4. The number of likely N-dealkylation sites (N-methyl/N-ethyl adjacent to an activating group) is 1. The molecule has 0 aromatic heterocycles. The number of rotatable bonds is 2. The zero-order valence-corrected chi connectivity index (χ0v) is 12.2. The Bertz CT molecular complexity index is 476. The fourth-order valence-corrected chi connectivity index (χ4v) is 2.56. The molecule has 1 aliphatic heterocycles. The molecule has 1 fully saturated rings. The third kappa shape index (κ3) is 3.19. The van der Waals surface area contributed by atoms with E-state index in [9.17, 15) is 4.79 Å². The molecule has 2 N–H and O–H groups in total. The topological polar surface area (TPSA) is 49.6 Å². The molecule has 0 bridgehead atoms. The molecule has 1 heterocycles. The lowest BCUT2D eigenvalue weighted by molar-refractivity contribution is -0.127. The number of nitrogens with zero attached hydrogens (tertiary/aromatic N) is 2. The Morgan fingerprint density at radius 2 is 2.11 bits per heavy atom. The molecule has 19 heavy (non-hydrogen) atoms. The number of anilines is 1. The van der Waals surface area contributed by atoms with Crippen LogP contribution in [0.2, 0.25) is 5.02 Å². The number of hydrogen-bond donors (Lipinski definition) is 1. The Labute approximate surface area is 119 Å². The summed E-state index contributed by atoms with van der Waals surface area (Å²) in [7, 11) is 1.84. The van der Waals surface area contributed by atoms with Gasteiger partial charge in [-0.3, -0.25) is 4.79 Å². The van der Waals surface area contributed by atoms with Crippen LogP contribution in [0.15, 0.2) is 18.2 Å².